The second-order valence-electron chi connectivity index (χ2n) is 6.23. The highest BCUT2D eigenvalue weighted by molar-refractivity contribution is 7.91. The van der Waals surface area contributed by atoms with Crippen LogP contribution in [0, 0.1) is 5.92 Å². The highest BCUT2D eigenvalue weighted by atomic mass is 35.5. The molecule has 1 aliphatic rings. The van der Waals surface area contributed by atoms with E-state index >= 15 is 0 Å². The van der Waals surface area contributed by atoms with Gasteiger partial charge in [0.25, 0.3) is 10.0 Å². The van der Waals surface area contributed by atoms with Crippen molar-refractivity contribution in [1.29, 1.82) is 0 Å². The molecule has 1 amide bonds. The number of thiophene rings is 1. The van der Waals surface area contributed by atoms with Crippen molar-refractivity contribution in [2.24, 2.45) is 5.92 Å². The Morgan fingerprint density at radius 3 is 2.78 bits per heavy atom. The molecule has 0 spiro atoms. The molecule has 1 atom stereocenters. The summed E-state index contributed by atoms with van der Waals surface area (Å²) < 4.78 is 32.5. The smallest absolute Gasteiger partial charge is 0.252 e. The monoisotopic (exact) mass is 428 g/mol. The van der Waals surface area contributed by atoms with Crippen molar-refractivity contribution < 1.29 is 17.9 Å². The summed E-state index contributed by atoms with van der Waals surface area (Å²) in [5, 5.41) is 5.20. The van der Waals surface area contributed by atoms with Gasteiger partial charge in [-0.05, 0) is 48.6 Å². The van der Waals surface area contributed by atoms with Crippen molar-refractivity contribution >= 4 is 38.9 Å². The fourth-order valence-corrected chi connectivity index (χ4v) is 5.72. The summed E-state index contributed by atoms with van der Waals surface area (Å²) >= 11 is 7.01. The lowest BCUT2D eigenvalue weighted by Gasteiger charge is -2.30. The predicted molar refractivity (Wildman–Crippen MR) is 106 cm³/mol. The first-order valence-corrected chi connectivity index (χ1v) is 11.4. The standard InChI is InChI=1S/C18H21ClN2O4S2/c19-15-5-7-16(8-6-15)25-11-9-20-18(22)14-3-1-10-21(13-14)27(23,24)17-4-2-12-26-17/h2,4-8,12,14H,1,3,9-11,13H2,(H,20,22). The molecule has 9 heteroatoms. The number of hydrogen-bond acceptors (Lipinski definition) is 5. The van der Waals surface area contributed by atoms with E-state index in [4.69, 9.17) is 16.3 Å². The summed E-state index contributed by atoms with van der Waals surface area (Å²) in [6.07, 6.45) is 1.35. The number of halogens is 1. The first-order chi connectivity index (χ1) is 13.0. The minimum atomic E-state index is -3.51. The first kappa shape index (κ1) is 20.1. The quantitative estimate of drug-likeness (QED) is 0.688. The Labute approximate surface area is 168 Å². The van der Waals surface area contributed by atoms with E-state index in [1.807, 2.05) is 0 Å². The van der Waals surface area contributed by atoms with Gasteiger partial charge >= 0.3 is 0 Å². The van der Waals surface area contributed by atoms with Crippen molar-refractivity contribution in [3.8, 4) is 5.75 Å². The highest BCUT2D eigenvalue weighted by Crippen LogP contribution is 2.26. The van der Waals surface area contributed by atoms with Gasteiger partial charge in [0.15, 0.2) is 0 Å². The molecular weight excluding hydrogens is 408 g/mol. The lowest BCUT2D eigenvalue weighted by Crippen LogP contribution is -2.45. The lowest BCUT2D eigenvalue weighted by molar-refractivity contribution is -0.126. The minimum Gasteiger partial charge on any atom is -0.492 e. The third-order valence-electron chi connectivity index (χ3n) is 4.33. The van der Waals surface area contributed by atoms with E-state index in [-0.39, 0.29) is 18.4 Å². The fourth-order valence-electron chi connectivity index (χ4n) is 2.93. The van der Waals surface area contributed by atoms with Crippen LogP contribution in [0.15, 0.2) is 46.0 Å². The zero-order chi connectivity index (χ0) is 19.3. The number of hydrogen-bond donors (Lipinski definition) is 1. The van der Waals surface area contributed by atoms with Gasteiger partial charge in [-0.2, -0.15) is 4.31 Å². The average Bonchev–Trinajstić information content (AvgIpc) is 3.22. The van der Waals surface area contributed by atoms with Crippen molar-refractivity contribution in [3.05, 3.63) is 46.8 Å². The molecule has 2 aromatic rings. The van der Waals surface area contributed by atoms with Crippen molar-refractivity contribution in [1.82, 2.24) is 9.62 Å². The molecule has 6 nitrogen and oxygen atoms in total. The Morgan fingerprint density at radius 2 is 2.07 bits per heavy atom. The van der Waals surface area contributed by atoms with E-state index in [1.54, 1.807) is 41.8 Å². The molecule has 0 aliphatic carbocycles. The molecule has 27 heavy (non-hydrogen) atoms. The predicted octanol–water partition coefficient (Wildman–Crippen LogP) is 3.00. The SMILES string of the molecule is O=C(NCCOc1ccc(Cl)cc1)C1CCCN(S(=O)(=O)c2cccs2)C1. The number of piperidine rings is 1. The van der Waals surface area contributed by atoms with Crippen LogP contribution in [0.5, 0.6) is 5.75 Å². The van der Waals surface area contributed by atoms with Crippen LogP contribution in [-0.4, -0.2) is 44.9 Å². The van der Waals surface area contributed by atoms with E-state index < -0.39 is 10.0 Å². The zero-order valence-electron chi connectivity index (χ0n) is 14.6. The van der Waals surface area contributed by atoms with Gasteiger partial charge in [0.2, 0.25) is 5.91 Å². The van der Waals surface area contributed by atoms with Crippen LogP contribution in [-0.2, 0) is 14.8 Å². The molecule has 1 unspecified atom stereocenters. The maximum atomic E-state index is 12.6. The Bertz CT molecular complexity index is 854. The summed E-state index contributed by atoms with van der Waals surface area (Å²) in [6.45, 7) is 1.35. The maximum Gasteiger partial charge on any atom is 0.252 e. The molecule has 1 fully saturated rings. The molecule has 1 aliphatic heterocycles. The van der Waals surface area contributed by atoms with E-state index in [1.165, 1.54) is 15.6 Å². The zero-order valence-corrected chi connectivity index (χ0v) is 17.0. The van der Waals surface area contributed by atoms with E-state index in [0.29, 0.717) is 47.5 Å². The molecular formula is C18H21ClN2O4S2. The van der Waals surface area contributed by atoms with E-state index in [9.17, 15) is 13.2 Å². The van der Waals surface area contributed by atoms with Gasteiger partial charge in [-0.1, -0.05) is 17.7 Å². The van der Waals surface area contributed by atoms with Crippen LogP contribution in [0.4, 0.5) is 0 Å². The van der Waals surface area contributed by atoms with Gasteiger partial charge in [0, 0.05) is 18.1 Å². The number of sulfonamides is 1. The summed E-state index contributed by atoms with van der Waals surface area (Å²) in [5.41, 5.74) is 0. The van der Waals surface area contributed by atoms with Crippen molar-refractivity contribution in [2.45, 2.75) is 17.1 Å². The Morgan fingerprint density at radius 1 is 1.30 bits per heavy atom. The molecule has 1 aromatic carbocycles. The van der Waals surface area contributed by atoms with Crippen molar-refractivity contribution in [2.75, 3.05) is 26.2 Å². The van der Waals surface area contributed by atoms with Gasteiger partial charge in [-0.25, -0.2) is 8.42 Å². The van der Waals surface area contributed by atoms with Gasteiger partial charge in [-0.3, -0.25) is 4.79 Å². The van der Waals surface area contributed by atoms with Crippen LogP contribution >= 0.6 is 22.9 Å². The molecule has 0 saturated carbocycles. The van der Waals surface area contributed by atoms with E-state index in [2.05, 4.69) is 5.32 Å². The van der Waals surface area contributed by atoms with Gasteiger partial charge in [-0.15, -0.1) is 11.3 Å². The average molecular weight is 429 g/mol. The second-order valence-corrected chi connectivity index (χ2v) is 9.78. The summed E-state index contributed by atoms with van der Waals surface area (Å²) in [5.74, 6) is 0.198. The minimum absolute atomic E-state index is 0.138. The van der Waals surface area contributed by atoms with Crippen LogP contribution < -0.4 is 10.1 Å². The molecule has 0 radical (unpaired) electrons. The number of benzene rings is 1. The molecule has 1 saturated heterocycles. The molecule has 0 bridgehead atoms. The molecule has 2 heterocycles. The summed E-state index contributed by atoms with van der Waals surface area (Å²) in [4.78, 5) is 12.4. The number of nitrogens with zero attached hydrogens (tertiary/aromatic N) is 1. The Hall–Kier alpha value is -1.61. The number of carbonyl (C=O) groups excluding carboxylic acids is 1. The van der Waals surface area contributed by atoms with Crippen LogP contribution in [0.2, 0.25) is 5.02 Å². The summed E-state index contributed by atoms with van der Waals surface area (Å²) in [7, 11) is -3.51. The largest absolute Gasteiger partial charge is 0.492 e. The molecule has 1 N–H and O–H groups in total. The van der Waals surface area contributed by atoms with Crippen molar-refractivity contribution in [3.63, 3.8) is 0 Å². The molecule has 146 valence electrons. The van der Waals surface area contributed by atoms with Gasteiger partial charge < -0.3 is 10.1 Å². The Balaban J connectivity index is 1.47. The maximum absolute atomic E-state index is 12.6. The van der Waals surface area contributed by atoms with Gasteiger partial charge in [0.05, 0.1) is 12.5 Å². The third-order valence-corrected chi connectivity index (χ3v) is 7.82. The van der Waals surface area contributed by atoms with Crippen LogP contribution in [0.3, 0.4) is 0 Å². The number of ether oxygens (including phenoxy) is 1. The highest BCUT2D eigenvalue weighted by Gasteiger charge is 2.33. The van der Waals surface area contributed by atoms with Crippen LogP contribution in [0.1, 0.15) is 12.8 Å². The topological polar surface area (TPSA) is 75.7 Å². The van der Waals surface area contributed by atoms with Gasteiger partial charge in [0.1, 0.15) is 16.6 Å². The lowest BCUT2D eigenvalue weighted by atomic mass is 9.99. The normalized spacial score (nSPS) is 18.2. The molecule has 1 aromatic heterocycles. The summed E-state index contributed by atoms with van der Waals surface area (Å²) in [6, 6.07) is 10.3. The van der Waals surface area contributed by atoms with E-state index in [0.717, 1.165) is 0 Å². The fraction of sp³-hybridized carbons (Fsp3) is 0.389. The number of rotatable bonds is 7. The third kappa shape index (κ3) is 5.22. The number of nitrogens with one attached hydrogen (secondary N) is 1. The second kappa shape index (κ2) is 9.05. The number of carbonyl (C=O) groups is 1. The molecule has 3 rings (SSSR count). The number of amides is 1. The Kier molecular flexibility index (Phi) is 6.75. The first-order valence-electron chi connectivity index (χ1n) is 8.66. The van der Waals surface area contributed by atoms with Crippen LogP contribution in [0.25, 0.3) is 0 Å².